The fraction of sp³-hybridized carbons (Fsp3) is 0.267. The smallest absolute Gasteiger partial charge is 0.0809 e. The van der Waals surface area contributed by atoms with Crippen molar-refractivity contribution < 1.29 is 0 Å². The summed E-state index contributed by atoms with van der Waals surface area (Å²) in [7, 11) is 0. The molecule has 3 aromatic rings. The molecule has 0 radical (unpaired) electrons. The number of rotatable bonds is 4. The maximum atomic E-state index is 4.56. The molecular formula is C15H16N2S2. The Morgan fingerprint density at radius 2 is 2.11 bits per heavy atom. The second-order valence-electron chi connectivity index (χ2n) is 4.53. The molecule has 19 heavy (non-hydrogen) atoms. The van der Waals surface area contributed by atoms with Gasteiger partial charge in [0.1, 0.15) is 0 Å². The van der Waals surface area contributed by atoms with Gasteiger partial charge in [0.25, 0.3) is 0 Å². The number of pyridine rings is 1. The summed E-state index contributed by atoms with van der Waals surface area (Å²) in [5, 5.41) is 7.83. The highest BCUT2D eigenvalue weighted by molar-refractivity contribution is 7.17. The van der Waals surface area contributed by atoms with Crippen LogP contribution >= 0.6 is 22.7 Å². The lowest BCUT2D eigenvalue weighted by Crippen LogP contribution is -2.21. The van der Waals surface area contributed by atoms with Gasteiger partial charge in [-0.05, 0) is 53.6 Å². The van der Waals surface area contributed by atoms with Gasteiger partial charge in [0.2, 0.25) is 0 Å². The molecule has 98 valence electrons. The normalized spacial score (nSPS) is 12.9. The van der Waals surface area contributed by atoms with Crippen LogP contribution < -0.4 is 5.32 Å². The van der Waals surface area contributed by atoms with Gasteiger partial charge < -0.3 is 5.32 Å². The zero-order chi connectivity index (χ0) is 13.2. The number of aryl methyl sites for hydroxylation is 1. The topological polar surface area (TPSA) is 24.9 Å². The van der Waals surface area contributed by atoms with Crippen LogP contribution in [0.15, 0.2) is 35.2 Å². The van der Waals surface area contributed by atoms with Gasteiger partial charge in [-0.25, -0.2) is 0 Å². The van der Waals surface area contributed by atoms with Crippen LogP contribution in [-0.4, -0.2) is 11.5 Å². The molecule has 1 unspecified atom stereocenters. The Hall–Kier alpha value is -1.23. The van der Waals surface area contributed by atoms with Gasteiger partial charge in [-0.2, -0.15) is 0 Å². The Morgan fingerprint density at radius 1 is 1.26 bits per heavy atom. The van der Waals surface area contributed by atoms with E-state index in [0.29, 0.717) is 0 Å². The highest BCUT2D eigenvalue weighted by Crippen LogP contribution is 2.31. The van der Waals surface area contributed by atoms with E-state index < -0.39 is 0 Å². The minimum Gasteiger partial charge on any atom is -0.306 e. The number of thiophene rings is 2. The van der Waals surface area contributed by atoms with Crippen LogP contribution in [0.25, 0.3) is 10.2 Å². The van der Waals surface area contributed by atoms with Crippen LogP contribution in [0.3, 0.4) is 0 Å². The number of aromatic nitrogens is 1. The second kappa shape index (κ2) is 5.41. The summed E-state index contributed by atoms with van der Waals surface area (Å²) < 4.78 is 1.26. The van der Waals surface area contributed by atoms with Crippen LogP contribution in [0.4, 0.5) is 0 Å². The van der Waals surface area contributed by atoms with Crippen molar-refractivity contribution in [3.05, 3.63) is 51.2 Å². The summed E-state index contributed by atoms with van der Waals surface area (Å²) in [6, 6.07) is 6.77. The fourth-order valence-electron chi connectivity index (χ4n) is 2.27. The van der Waals surface area contributed by atoms with Gasteiger partial charge in [0.15, 0.2) is 0 Å². The van der Waals surface area contributed by atoms with E-state index in [2.05, 4.69) is 53.1 Å². The molecule has 1 N–H and O–H groups in total. The molecule has 0 bridgehead atoms. The Balaban J connectivity index is 2.06. The monoisotopic (exact) mass is 288 g/mol. The number of nitrogens with one attached hydrogen (secondary N) is 1. The largest absolute Gasteiger partial charge is 0.306 e. The predicted octanol–water partition coefficient (Wildman–Crippen LogP) is 4.37. The third-order valence-corrected chi connectivity index (χ3v) is 5.17. The molecule has 2 nitrogen and oxygen atoms in total. The molecule has 0 aromatic carbocycles. The van der Waals surface area contributed by atoms with Gasteiger partial charge in [0, 0.05) is 11.1 Å². The lowest BCUT2D eigenvalue weighted by Gasteiger charge is -2.18. The molecule has 0 spiro atoms. The molecule has 1 atom stereocenters. The SMILES string of the molecule is CCNC(c1cnc2ccsc2c1)c1sccc1C. The highest BCUT2D eigenvalue weighted by atomic mass is 32.1. The fourth-order valence-corrected chi connectivity index (χ4v) is 4.08. The predicted molar refractivity (Wildman–Crippen MR) is 84.2 cm³/mol. The van der Waals surface area contributed by atoms with E-state index >= 15 is 0 Å². The quantitative estimate of drug-likeness (QED) is 0.771. The lowest BCUT2D eigenvalue weighted by atomic mass is 10.0. The van der Waals surface area contributed by atoms with Crippen molar-refractivity contribution in [1.82, 2.24) is 10.3 Å². The van der Waals surface area contributed by atoms with Gasteiger partial charge >= 0.3 is 0 Å². The first-order valence-corrected chi connectivity index (χ1v) is 8.16. The summed E-state index contributed by atoms with van der Waals surface area (Å²) >= 11 is 3.56. The van der Waals surface area contributed by atoms with Crippen LogP contribution in [0, 0.1) is 6.92 Å². The molecule has 0 aliphatic carbocycles. The van der Waals surface area contributed by atoms with Gasteiger partial charge in [-0.1, -0.05) is 6.92 Å². The van der Waals surface area contributed by atoms with Crippen molar-refractivity contribution in [2.45, 2.75) is 19.9 Å². The van der Waals surface area contributed by atoms with E-state index in [1.54, 1.807) is 11.3 Å². The third-order valence-electron chi connectivity index (χ3n) is 3.23. The lowest BCUT2D eigenvalue weighted by molar-refractivity contribution is 0.636. The molecule has 3 rings (SSSR count). The molecule has 0 aliphatic rings. The van der Waals surface area contributed by atoms with Gasteiger partial charge in [-0.3, -0.25) is 4.98 Å². The van der Waals surface area contributed by atoms with Gasteiger partial charge in [0.05, 0.1) is 16.3 Å². The highest BCUT2D eigenvalue weighted by Gasteiger charge is 2.17. The van der Waals surface area contributed by atoms with Crippen molar-refractivity contribution in [1.29, 1.82) is 0 Å². The molecule has 0 aliphatic heterocycles. The maximum Gasteiger partial charge on any atom is 0.0809 e. The Kier molecular flexibility index (Phi) is 3.64. The van der Waals surface area contributed by atoms with Crippen LogP contribution in [-0.2, 0) is 0 Å². The third kappa shape index (κ3) is 2.43. The van der Waals surface area contributed by atoms with Crippen LogP contribution in [0.2, 0.25) is 0 Å². The summed E-state index contributed by atoms with van der Waals surface area (Å²) in [4.78, 5) is 5.95. The molecular weight excluding hydrogens is 272 g/mol. The Morgan fingerprint density at radius 3 is 2.84 bits per heavy atom. The molecule has 4 heteroatoms. The summed E-state index contributed by atoms with van der Waals surface area (Å²) in [6.45, 7) is 5.27. The first-order chi connectivity index (χ1) is 9.29. The zero-order valence-electron chi connectivity index (χ0n) is 11.0. The minimum absolute atomic E-state index is 0.254. The van der Waals surface area contributed by atoms with Crippen molar-refractivity contribution in [2.24, 2.45) is 0 Å². The van der Waals surface area contributed by atoms with E-state index in [9.17, 15) is 0 Å². The molecule has 0 fully saturated rings. The van der Waals surface area contributed by atoms with Crippen molar-refractivity contribution in [3.8, 4) is 0 Å². The van der Waals surface area contributed by atoms with E-state index in [1.807, 2.05) is 17.5 Å². The second-order valence-corrected chi connectivity index (χ2v) is 6.43. The van der Waals surface area contributed by atoms with Crippen molar-refractivity contribution in [3.63, 3.8) is 0 Å². The van der Waals surface area contributed by atoms with E-state index in [-0.39, 0.29) is 6.04 Å². The Bertz CT molecular complexity index is 684. The Labute approximate surface area is 121 Å². The summed E-state index contributed by atoms with van der Waals surface area (Å²) in [6.07, 6.45) is 2.00. The standard InChI is InChI=1S/C15H16N2S2/c1-3-16-14(15-10(2)4-6-19-15)11-8-13-12(17-9-11)5-7-18-13/h4-9,14,16H,3H2,1-2H3. The molecule has 0 amide bonds. The molecule has 3 heterocycles. The minimum atomic E-state index is 0.254. The number of hydrogen-bond donors (Lipinski definition) is 1. The first kappa shape index (κ1) is 12.8. The average molecular weight is 288 g/mol. The maximum absolute atomic E-state index is 4.56. The van der Waals surface area contributed by atoms with Crippen molar-refractivity contribution >= 4 is 32.9 Å². The van der Waals surface area contributed by atoms with E-state index in [4.69, 9.17) is 0 Å². The molecule has 3 aromatic heterocycles. The number of fused-ring (bicyclic) bond motifs is 1. The van der Waals surface area contributed by atoms with Crippen molar-refractivity contribution in [2.75, 3.05) is 6.54 Å². The zero-order valence-corrected chi connectivity index (χ0v) is 12.6. The average Bonchev–Trinajstić information content (AvgIpc) is 3.03. The van der Waals surface area contributed by atoms with E-state index in [1.165, 1.54) is 20.7 Å². The number of hydrogen-bond acceptors (Lipinski definition) is 4. The summed E-state index contributed by atoms with van der Waals surface area (Å²) in [5.41, 5.74) is 3.69. The van der Waals surface area contributed by atoms with Gasteiger partial charge in [-0.15, -0.1) is 22.7 Å². The summed E-state index contributed by atoms with van der Waals surface area (Å²) in [5.74, 6) is 0. The molecule has 0 saturated heterocycles. The van der Waals surface area contributed by atoms with Crippen LogP contribution in [0.1, 0.15) is 29.0 Å². The van der Waals surface area contributed by atoms with Crippen LogP contribution in [0.5, 0.6) is 0 Å². The van der Waals surface area contributed by atoms with E-state index in [0.717, 1.165) is 12.1 Å². The molecule has 0 saturated carbocycles. The number of nitrogens with zero attached hydrogens (tertiary/aromatic N) is 1. The first-order valence-electron chi connectivity index (χ1n) is 6.40.